The molecule has 0 aromatic heterocycles. The lowest BCUT2D eigenvalue weighted by Gasteiger charge is -2.41. The summed E-state index contributed by atoms with van der Waals surface area (Å²) in [5.74, 6) is 0.194. The Morgan fingerprint density at radius 2 is 1.65 bits per heavy atom. The average molecular weight is 581 g/mol. The van der Waals surface area contributed by atoms with Gasteiger partial charge in [0.25, 0.3) is 0 Å². The van der Waals surface area contributed by atoms with Gasteiger partial charge in [0.2, 0.25) is 15.9 Å². The first-order valence-electron chi connectivity index (χ1n) is 13.5. The third-order valence-corrected chi connectivity index (χ3v) is 8.60. The van der Waals surface area contributed by atoms with Crippen LogP contribution in [-0.4, -0.2) is 75.3 Å². The molecule has 2 fully saturated rings. The van der Waals surface area contributed by atoms with Crippen LogP contribution in [0.25, 0.3) is 0 Å². The zero-order valence-corrected chi connectivity index (χ0v) is 23.9. The molecule has 2 aromatic rings. The molecule has 2 aromatic carbocycles. The van der Waals surface area contributed by atoms with Gasteiger partial charge in [0.05, 0.1) is 23.0 Å². The van der Waals surface area contributed by atoms with Crippen molar-refractivity contribution < 1.29 is 26.4 Å². The van der Waals surface area contributed by atoms with E-state index in [1.54, 1.807) is 0 Å². The Balaban J connectivity index is 0.000000220. The Hall–Kier alpha value is -2.89. The Kier molecular flexibility index (Phi) is 11.2. The van der Waals surface area contributed by atoms with Gasteiger partial charge in [0.15, 0.2) is 0 Å². The number of likely N-dealkylation sites (N-methyl/N-ethyl adjacent to an activating group) is 1. The van der Waals surface area contributed by atoms with Crippen molar-refractivity contribution >= 4 is 15.9 Å². The normalized spacial score (nSPS) is 18.7. The second-order valence-corrected chi connectivity index (χ2v) is 12.1. The first-order chi connectivity index (χ1) is 18.9. The molecule has 0 unspecified atom stereocenters. The molecule has 220 valence electrons. The molecule has 1 atom stereocenters. The molecular formula is C29H39F3N4O3S. The van der Waals surface area contributed by atoms with Crippen LogP contribution in [0.1, 0.15) is 49.3 Å². The summed E-state index contributed by atoms with van der Waals surface area (Å²) < 4.78 is 64.0. The van der Waals surface area contributed by atoms with Gasteiger partial charge in [0.1, 0.15) is 0 Å². The van der Waals surface area contributed by atoms with Crippen LogP contribution in [0.3, 0.4) is 0 Å². The second-order valence-electron chi connectivity index (χ2n) is 10.4. The Morgan fingerprint density at radius 1 is 1.02 bits per heavy atom. The minimum absolute atomic E-state index is 0.115. The van der Waals surface area contributed by atoms with Crippen LogP contribution >= 0.6 is 0 Å². The van der Waals surface area contributed by atoms with Crippen LogP contribution in [0.5, 0.6) is 0 Å². The van der Waals surface area contributed by atoms with E-state index in [1.807, 2.05) is 48.3 Å². The SMILES string of the molecule is C=CN1CCN(C(=O)CN(C)C)C[C@@H]1c1ccccc1.O=S(=O)(NC1CCCCC1)c1ccc(C(F)(F)F)cc1. The van der Waals surface area contributed by atoms with Crippen molar-refractivity contribution in [2.75, 3.05) is 40.3 Å². The number of nitrogens with zero attached hydrogens (tertiary/aromatic N) is 3. The van der Waals surface area contributed by atoms with Gasteiger partial charge in [-0.2, -0.15) is 13.2 Å². The fourth-order valence-corrected chi connectivity index (χ4v) is 6.22. The first-order valence-corrected chi connectivity index (χ1v) is 14.9. The monoisotopic (exact) mass is 580 g/mol. The van der Waals surface area contributed by atoms with Crippen LogP contribution in [0.2, 0.25) is 0 Å². The summed E-state index contributed by atoms with van der Waals surface area (Å²) in [4.78, 5) is 18.2. The minimum atomic E-state index is -4.46. The van der Waals surface area contributed by atoms with Crippen LogP contribution in [0.15, 0.2) is 72.3 Å². The van der Waals surface area contributed by atoms with E-state index in [2.05, 4.69) is 28.3 Å². The van der Waals surface area contributed by atoms with Gasteiger partial charge in [-0.25, -0.2) is 13.1 Å². The van der Waals surface area contributed by atoms with Crippen molar-refractivity contribution in [2.24, 2.45) is 0 Å². The quantitative estimate of drug-likeness (QED) is 0.505. The molecule has 1 saturated heterocycles. The number of alkyl halides is 3. The van der Waals surface area contributed by atoms with Gasteiger partial charge < -0.3 is 14.7 Å². The van der Waals surface area contributed by atoms with E-state index in [4.69, 9.17) is 0 Å². The molecule has 1 aliphatic heterocycles. The summed E-state index contributed by atoms with van der Waals surface area (Å²) in [6.45, 7) is 6.69. The number of amides is 1. The van der Waals surface area contributed by atoms with Crippen LogP contribution in [-0.2, 0) is 21.0 Å². The van der Waals surface area contributed by atoms with E-state index in [-0.39, 0.29) is 22.9 Å². The molecule has 40 heavy (non-hydrogen) atoms. The van der Waals surface area contributed by atoms with E-state index in [0.29, 0.717) is 6.54 Å². The molecule has 4 rings (SSSR count). The summed E-state index contributed by atoms with van der Waals surface area (Å²) in [6, 6.07) is 14.0. The second kappa shape index (κ2) is 14.1. The molecule has 2 aliphatic rings. The molecule has 7 nitrogen and oxygen atoms in total. The lowest BCUT2D eigenvalue weighted by molar-refractivity contribution is -0.137. The van der Waals surface area contributed by atoms with Crippen molar-refractivity contribution in [3.63, 3.8) is 0 Å². The van der Waals surface area contributed by atoms with Gasteiger partial charge in [0, 0.05) is 25.7 Å². The molecule has 1 N–H and O–H groups in total. The fourth-order valence-electron chi connectivity index (χ4n) is 4.92. The summed E-state index contributed by atoms with van der Waals surface area (Å²) in [6.07, 6.45) is 2.02. The first kappa shape index (κ1) is 31.6. The van der Waals surface area contributed by atoms with Gasteiger partial charge in [-0.15, -0.1) is 0 Å². The third-order valence-electron chi connectivity index (χ3n) is 7.06. The van der Waals surface area contributed by atoms with Crippen molar-refractivity contribution in [1.29, 1.82) is 0 Å². The molecule has 1 amide bonds. The van der Waals surface area contributed by atoms with Crippen molar-refractivity contribution in [3.05, 3.63) is 78.5 Å². The standard InChI is InChI=1S/C16H23N3O.C13H16F3NO2S/c1-4-18-10-11-19(16(20)13-17(2)3)12-15(18)14-8-6-5-7-9-14;14-13(15,16)10-6-8-12(9-7-10)20(18,19)17-11-4-2-1-3-5-11/h4-9,15H,1,10-13H2,2-3H3;6-9,11,17H,1-5H2/t15-;/m1./s1. The number of benzene rings is 2. The summed E-state index contributed by atoms with van der Waals surface area (Å²) in [5, 5.41) is 0. The number of hydrogen-bond donors (Lipinski definition) is 1. The van der Waals surface area contributed by atoms with E-state index in [1.165, 1.54) is 5.56 Å². The third kappa shape index (κ3) is 9.07. The van der Waals surface area contributed by atoms with Gasteiger partial charge in [-0.1, -0.05) is 56.2 Å². The van der Waals surface area contributed by atoms with Crippen molar-refractivity contribution in [1.82, 2.24) is 19.4 Å². The molecule has 0 bridgehead atoms. The average Bonchev–Trinajstić information content (AvgIpc) is 2.93. The van der Waals surface area contributed by atoms with Gasteiger partial charge in [-0.05, 0) is 63.0 Å². The zero-order valence-electron chi connectivity index (χ0n) is 23.1. The summed E-state index contributed by atoms with van der Waals surface area (Å²) >= 11 is 0. The Morgan fingerprint density at radius 3 is 2.20 bits per heavy atom. The molecular weight excluding hydrogens is 541 g/mol. The highest BCUT2D eigenvalue weighted by atomic mass is 32.2. The minimum Gasteiger partial charge on any atom is -0.367 e. The highest BCUT2D eigenvalue weighted by Gasteiger charge is 2.31. The number of rotatable bonds is 7. The van der Waals surface area contributed by atoms with Crippen LogP contribution in [0.4, 0.5) is 13.2 Å². The largest absolute Gasteiger partial charge is 0.416 e. The number of piperazine rings is 1. The number of hydrogen-bond acceptors (Lipinski definition) is 5. The highest BCUT2D eigenvalue weighted by Crippen LogP contribution is 2.30. The van der Waals surface area contributed by atoms with Crippen molar-refractivity contribution in [2.45, 2.75) is 55.3 Å². The predicted octanol–water partition coefficient (Wildman–Crippen LogP) is 4.89. The number of carbonyl (C=O) groups is 1. The topological polar surface area (TPSA) is 73.0 Å². The maximum absolute atomic E-state index is 12.4. The molecule has 1 heterocycles. The van der Waals surface area contributed by atoms with Crippen LogP contribution < -0.4 is 4.72 Å². The van der Waals surface area contributed by atoms with E-state index >= 15 is 0 Å². The van der Waals surface area contributed by atoms with Crippen LogP contribution in [0, 0.1) is 0 Å². The summed E-state index contributed by atoms with van der Waals surface area (Å²) in [5.41, 5.74) is 0.379. The van der Waals surface area contributed by atoms with E-state index in [0.717, 1.165) is 76.0 Å². The maximum atomic E-state index is 12.4. The van der Waals surface area contributed by atoms with E-state index in [9.17, 15) is 26.4 Å². The number of halogens is 3. The zero-order chi connectivity index (χ0) is 29.3. The Labute approximate surface area is 235 Å². The lowest BCUT2D eigenvalue weighted by atomic mass is 9.96. The van der Waals surface area contributed by atoms with Gasteiger partial charge >= 0.3 is 6.18 Å². The smallest absolute Gasteiger partial charge is 0.367 e. The molecule has 1 saturated carbocycles. The number of nitrogens with one attached hydrogen (secondary N) is 1. The lowest BCUT2D eigenvalue weighted by Crippen LogP contribution is -2.50. The molecule has 1 aliphatic carbocycles. The Bertz CT molecular complexity index is 1200. The molecule has 0 radical (unpaired) electrons. The number of sulfonamides is 1. The fraction of sp³-hybridized carbons (Fsp3) is 0.483. The molecule has 11 heteroatoms. The molecule has 0 spiro atoms. The van der Waals surface area contributed by atoms with Crippen molar-refractivity contribution in [3.8, 4) is 0 Å². The summed E-state index contributed by atoms with van der Waals surface area (Å²) in [7, 11) is 0.107. The maximum Gasteiger partial charge on any atom is 0.416 e. The highest BCUT2D eigenvalue weighted by molar-refractivity contribution is 7.89. The predicted molar refractivity (Wildman–Crippen MR) is 150 cm³/mol. The number of carbonyl (C=O) groups excluding carboxylic acids is 1. The van der Waals surface area contributed by atoms with Gasteiger partial charge in [-0.3, -0.25) is 4.79 Å². The van der Waals surface area contributed by atoms with E-state index < -0.39 is 21.8 Å².